The lowest BCUT2D eigenvalue weighted by molar-refractivity contribution is -0.120. The first-order chi connectivity index (χ1) is 12.9. The zero-order valence-corrected chi connectivity index (χ0v) is 16.4. The minimum absolute atomic E-state index is 0.183. The van der Waals surface area contributed by atoms with Gasteiger partial charge in [0.25, 0.3) is 5.91 Å². The van der Waals surface area contributed by atoms with Gasteiger partial charge in [-0.15, -0.1) is 11.3 Å². The van der Waals surface area contributed by atoms with Gasteiger partial charge in [-0.05, 0) is 59.3 Å². The maximum atomic E-state index is 13.0. The second-order valence-electron chi connectivity index (χ2n) is 5.54. The fraction of sp³-hybridized carbons (Fsp3) is 0.176. The Hall–Kier alpha value is -2.59. The van der Waals surface area contributed by atoms with Crippen molar-refractivity contribution in [2.24, 2.45) is 0 Å². The average molecular weight is 453 g/mol. The molecule has 0 fully saturated rings. The minimum Gasteiger partial charge on any atom is -0.343 e. The molecule has 0 saturated carbocycles. The van der Waals surface area contributed by atoms with E-state index < -0.39 is 11.9 Å². The Morgan fingerprint density at radius 3 is 2.67 bits per heavy atom. The van der Waals surface area contributed by atoms with Crippen LogP contribution in [0.4, 0.5) is 4.39 Å². The van der Waals surface area contributed by atoms with Crippen LogP contribution in [-0.4, -0.2) is 28.5 Å². The third-order valence-electron chi connectivity index (χ3n) is 3.50. The van der Waals surface area contributed by atoms with Crippen molar-refractivity contribution in [2.75, 3.05) is 6.54 Å². The predicted octanol–water partition coefficient (Wildman–Crippen LogP) is 3.31. The molecule has 0 bridgehead atoms. The number of thiophene rings is 1. The molecule has 2 aromatic heterocycles. The molecule has 0 aliphatic heterocycles. The van der Waals surface area contributed by atoms with E-state index in [1.807, 2.05) is 0 Å². The van der Waals surface area contributed by atoms with Gasteiger partial charge in [0.05, 0.1) is 15.2 Å². The summed E-state index contributed by atoms with van der Waals surface area (Å²) in [6.07, 6.45) is 0. The van der Waals surface area contributed by atoms with Crippen LogP contribution >= 0.6 is 27.3 Å². The molecule has 1 unspecified atom stereocenters. The first-order valence-electron chi connectivity index (χ1n) is 7.85. The first kappa shape index (κ1) is 19.2. The van der Waals surface area contributed by atoms with Gasteiger partial charge in [0.15, 0.2) is 0 Å². The number of aromatic nitrogens is 2. The van der Waals surface area contributed by atoms with Crippen molar-refractivity contribution >= 4 is 39.1 Å². The molecular formula is C17H14BrFN4O3S. The second-order valence-corrected chi connectivity index (χ2v) is 8.00. The van der Waals surface area contributed by atoms with Crippen molar-refractivity contribution in [1.29, 1.82) is 0 Å². The highest BCUT2D eigenvalue weighted by molar-refractivity contribution is 9.11. The van der Waals surface area contributed by atoms with Crippen molar-refractivity contribution in [3.8, 4) is 11.4 Å². The largest absolute Gasteiger partial charge is 0.343 e. The quantitative estimate of drug-likeness (QED) is 0.597. The van der Waals surface area contributed by atoms with Crippen LogP contribution in [0.25, 0.3) is 11.4 Å². The lowest BCUT2D eigenvalue weighted by Gasteiger charge is -2.10. The molecule has 3 rings (SSSR count). The molecule has 1 atom stereocenters. The van der Waals surface area contributed by atoms with Crippen LogP contribution in [0.15, 0.2) is 44.7 Å². The van der Waals surface area contributed by atoms with Gasteiger partial charge in [-0.3, -0.25) is 9.59 Å². The van der Waals surface area contributed by atoms with Crippen LogP contribution in [0.2, 0.25) is 0 Å². The Balaban J connectivity index is 1.54. The molecule has 27 heavy (non-hydrogen) atoms. The fourth-order valence-corrected chi connectivity index (χ4v) is 3.47. The molecule has 0 aliphatic carbocycles. The Morgan fingerprint density at radius 2 is 2.00 bits per heavy atom. The number of benzene rings is 1. The Labute approximate surface area is 166 Å². The number of carbonyl (C=O) groups excluding carboxylic acids is 2. The van der Waals surface area contributed by atoms with E-state index in [4.69, 9.17) is 4.52 Å². The third-order valence-corrected chi connectivity index (χ3v) is 5.12. The SMILES string of the molecule is CC(NC(=O)CNC(=O)c1ccc(Br)s1)c1nc(-c2ccc(F)cc2)no1. The molecule has 0 aliphatic rings. The first-order valence-corrected chi connectivity index (χ1v) is 9.46. The van der Waals surface area contributed by atoms with Crippen LogP contribution in [0, 0.1) is 5.82 Å². The monoisotopic (exact) mass is 452 g/mol. The van der Waals surface area contributed by atoms with Gasteiger partial charge in [-0.25, -0.2) is 4.39 Å². The zero-order chi connectivity index (χ0) is 19.4. The Morgan fingerprint density at radius 1 is 1.26 bits per heavy atom. The molecule has 10 heteroatoms. The van der Waals surface area contributed by atoms with Gasteiger partial charge in [0, 0.05) is 5.56 Å². The number of hydrogen-bond acceptors (Lipinski definition) is 6. The number of carbonyl (C=O) groups is 2. The second kappa shape index (κ2) is 8.40. The summed E-state index contributed by atoms with van der Waals surface area (Å²) in [5, 5.41) is 9.04. The van der Waals surface area contributed by atoms with Crippen molar-refractivity contribution < 1.29 is 18.5 Å². The predicted molar refractivity (Wildman–Crippen MR) is 101 cm³/mol. The summed E-state index contributed by atoms with van der Waals surface area (Å²) < 4.78 is 19.0. The molecule has 2 N–H and O–H groups in total. The molecule has 0 saturated heterocycles. The van der Waals surface area contributed by atoms with E-state index in [1.54, 1.807) is 19.1 Å². The van der Waals surface area contributed by atoms with Gasteiger partial charge in [0.1, 0.15) is 11.9 Å². The molecule has 7 nitrogen and oxygen atoms in total. The van der Waals surface area contributed by atoms with E-state index in [2.05, 4.69) is 36.7 Å². The number of rotatable bonds is 6. The summed E-state index contributed by atoms with van der Waals surface area (Å²) in [4.78, 5) is 28.7. The lowest BCUT2D eigenvalue weighted by Crippen LogP contribution is -2.37. The molecule has 1 aromatic carbocycles. The maximum absolute atomic E-state index is 13.0. The summed E-state index contributed by atoms with van der Waals surface area (Å²) in [6, 6.07) is 8.54. The van der Waals surface area contributed by atoms with Crippen molar-refractivity contribution in [3.05, 3.63) is 56.8 Å². The van der Waals surface area contributed by atoms with Gasteiger partial charge >= 0.3 is 0 Å². The van der Waals surface area contributed by atoms with E-state index in [0.29, 0.717) is 16.3 Å². The number of nitrogens with one attached hydrogen (secondary N) is 2. The van der Waals surface area contributed by atoms with Crippen molar-refractivity contribution in [1.82, 2.24) is 20.8 Å². The highest BCUT2D eigenvalue weighted by atomic mass is 79.9. The molecule has 0 radical (unpaired) electrons. The maximum Gasteiger partial charge on any atom is 0.261 e. The average Bonchev–Trinajstić information content (AvgIpc) is 3.30. The fourth-order valence-electron chi connectivity index (χ4n) is 2.17. The molecular weight excluding hydrogens is 439 g/mol. The highest BCUT2D eigenvalue weighted by Gasteiger charge is 2.18. The summed E-state index contributed by atoms with van der Waals surface area (Å²) in [5.41, 5.74) is 0.597. The molecule has 0 spiro atoms. The van der Waals surface area contributed by atoms with Crippen LogP contribution in [-0.2, 0) is 4.79 Å². The van der Waals surface area contributed by atoms with Crippen LogP contribution in [0.5, 0.6) is 0 Å². The smallest absolute Gasteiger partial charge is 0.261 e. The van der Waals surface area contributed by atoms with E-state index in [9.17, 15) is 14.0 Å². The van der Waals surface area contributed by atoms with Crippen LogP contribution in [0.3, 0.4) is 0 Å². The lowest BCUT2D eigenvalue weighted by atomic mass is 10.2. The standard InChI is InChI=1S/C17H14BrFN4O3S/c1-9(17-22-15(23-26-17)10-2-4-11(19)5-3-10)21-14(24)8-20-16(25)12-6-7-13(18)27-12/h2-7,9H,8H2,1H3,(H,20,25)(H,21,24). The molecule has 3 aromatic rings. The topological polar surface area (TPSA) is 97.1 Å². The summed E-state index contributed by atoms with van der Waals surface area (Å²) in [7, 11) is 0. The van der Waals surface area contributed by atoms with E-state index in [0.717, 1.165) is 3.79 Å². The van der Waals surface area contributed by atoms with E-state index in [-0.39, 0.29) is 24.2 Å². The summed E-state index contributed by atoms with van der Waals surface area (Å²) >= 11 is 4.55. The van der Waals surface area contributed by atoms with Gasteiger partial charge in [-0.2, -0.15) is 4.98 Å². The Bertz CT molecular complexity index is 957. The van der Waals surface area contributed by atoms with Gasteiger partial charge < -0.3 is 15.2 Å². The molecule has 2 heterocycles. The van der Waals surface area contributed by atoms with Gasteiger partial charge in [0.2, 0.25) is 17.6 Å². The van der Waals surface area contributed by atoms with Crippen molar-refractivity contribution in [3.63, 3.8) is 0 Å². The Kier molecular flexibility index (Phi) is 5.97. The number of nitrogens with zero attached hydrogens (tertiary/aromatic N) is 2. The van der Waals surface area contributed by atoms with Crippen molar-refractivity contribution in [2.45, 2.75) is 13.0 Å². The zero-order valence-electron chi connectivity index (χ0n) is 14.0. The normalized spacial score (nSPS) is 11.8. The van der Waals surface area contributed by atoms with Gasteiger partial charge in [-0.1, -0.05) is 5.16 Å². The highest BCUT2D eigenvalue weighted by Crippen LogP contribution is 2.22. The van der Waals surface area contributed by atoms with E-state index >= 15 is 0 Å². The summed E-state index contributed by atoms with van der Waals surface area (Å²) in [6.45, 7) is 1.50. The number of halogens is 2. The molecule has 140 valence electrons. The minimum atomic E-state index is -0.549. The molecule has 2 amide bonds. The van der Waals surface area contributed by atoms with E-state index in [1.165, 1.54) is 35.6 Å². The number of amides is 2. The van der Waals surface area contributed by atoms with Crippen LogP contribution < -0.4 is 10.6 Å². The summed E-state index contributed by atoms with van der Waals surface area (Å²) in [5.74, 6) is -0.586. The third kappa shape index (κ3) is 4.98. The number of hydrogen-bond donors (Lipinski definition) is 2. The van der Waals surface area contributed by atoms with Crippen LogP contribution in [0.1, 0.15) is 28.5 Å².